The van der Waals surface area contributed by atoms with E-state index in [-0.39, 0.29) is 0 Å². The minimum Gasteiger partial charge on any atom is -0.328 e. The van der Waals surface area contributed by atoms with Gasteiger partial charge < -0.3 is 9.22 Å². The Labute approximate surface area is 114 Å². The van der Waals surface area contributed by atoms with Crippen molar-refractivity contribution in [2.24, 2.45) is 0 Å². The Balaban J connectivity index is 1.99. The van der Waals surface area contributed by atoms with Gasteiger partial charge in [0.05, 0.1) is 26.7 Å². The summed E-state index contributed by atoms with van der Waals surface area (Å²) in [4.78, 5) is 0. The fourth-order valence-electron chi connectivity index (χ4n) is 2.75. The molecule has 0 bridgehead atoms. The van der Waals surface area contributed by atoms with Gasteiger partial charge >= 0.3 is 0 Å². The molecule has 0 radical (unpaired) electrons. The smallest absolute Gasteiger partial charge is 0.183 e. The lowest BCUT2D eigenvalue weighted by molar-refractivity contribution is -0.910. The molecule has 1 rings (SSSR count). The first kappa shape index (κ1) is 16.0. The average Bonchev–Trinajstić information content (AvgIpc) is 2.84. The van der Waals surface area contributed by atoms with Gasteiger partial charge in [-0.3, -0.25) is 0 Å². The average molecular weight is 256 g/mol. The van der Waals surface area contributed by atoms with Gasteiger partial charge in [0.1, 0.15) is 0 Å². The van der Waals surface area contributed by atoms with E-state index in [0.29, 0.717) is 6.10 Å². The Morgan fingerprint density at radius 3 is 2.22 bits per heavy atom. The van der Waals surface area contributed by atoms with E-state index in [0.717, 1.165) is 11.2 Å². The van der Waals surface area contributed by atoms with Crippen LogP contribution in [0.1, 0.15) is 71.1 Å². The van der Waals surface area contributed by atoms with Crippen molar-refractivity contribution in [3.8, 4) is 0 Å². The lowest BCUT2D eigenvalue weighted by Gasteiger charge is -2.30. The van der Waals surface area contributed by atoms with E-state index in [1.54, 1.807) is 0 Å². The summed E-state index contributed by atoms with van der Waals surface area (Å²) >= 11 is 0. The lowest BCUT2D eigenvalue weighted by Crippen LogP contribution is -2.43. The van der Waals surface area contributed by atoms with Gasteiger partial charge in [-0.2, -0.15) is 0 Å². The zero-order chi connectivity index (χ0) is 13.3. The van der Waals surface area contributed by atoms with Crippen molar-refractivity contribution in [3.05, 3.63) is 0 Å². The molecule has 0 aromatic rings. The number of hydrogen-bond donors (Lipinski definition) is 0. The highest BCUT2D eigenvalue weighted by atomic mass is 16.5. The number of nitrogens with zero attached hydrogens (tertiary/aromatic N) is 1. The highest BCUT2D eigenvalue weighted by Gasteiger charge is 2.20. The van der Waals surface area contributed by atoms with Crippen LogP contribution in [0, 0.1) is 0 Å². The molecule has 1 saturated carbocycles. The predicted molar refractivity (Wildman–Crippen MR) is 78.6 cm³/mol. The molecule has 0 spiro atoms. The van der Waals surface area contributed by atoms with Gasteiger partial charge in [-0.25, -0.2) is 0 Å². The maximum atomic E-state index is 6.04. The zero-order valence-electron chi connectivity index (χ0n) is 12.9. The third-order valence-corrected chi connectivity index (χ3v) is 4.08. The minimum atomic E-state index is 0.562. The van der Waals surface area contributed by atoms with Crippen LogP contribution in [0.15, 0.2) is 0 Å². The maximum Gasteiger partial charge on any atom is 0.183 e. The van der Waals surface area contributed by atoms with Crippen LogP contribution in [0.5, 0.6) is 0 Å². The Morgan fingerprint density at radius 1 is 0.944 bits per heavy atom. The summed E-state index contributed by atoms with van der Waals surface area (Å²) in [7, 11) is 4.61. The molecular formula is C16H34NO+. The predicted octanol–water partition coefficient (Wildman–Crippen LogP) is 4.34. The van der Waals surface area contributed by atoms with E-state index >= 15 is 0 Å². The number of unbranched alkanes of at least 4 members (excludes halogenated alkanes) is 5. The Hall–Kier alpha value is -0.0800. The Kier molecular flexibility index (Phi) is 7.92. The van der Waals surface area contributed by atoms with Gasteiger partial charge in [-0.1, -0.05) is 45.4 Å². The van der Waals surface area contributed by atoms with Crippen molar-refractivity contribution in [1.82, 2.24) is 0 Å². The number of ether oxygens (including phenoxy) is 1. The molecule has 0 aliphatic heterocycles. The van der Waals surface area contributed by atoms with Crippen LogP contribution in [0.2, 0.25) is 0 Å². The van der Waals surface area contributed by atoms with E-state index in [9.17, 15) is 0 Å². The molecule has 0 heterocycles. The van der Waals surface area contributed by atoms with E-state index in [1.807, 2.05) is 0 Å². The van der Waals surface area contributed by atoms with E-state index in [1.165, 1.54) is 70.8 Å². The number of rotatable bonds is 10. The van der Waals surface area contributed by atoms with Crippen molar-refractivity contribution >= 4 is 0 Å². The molecule has 0 N–H and O–H groups in total. The third-order valence-electron chi connectivity index (χ3n) is 4.08. The molecule has 0 atom stereocenters. The monoisotopic (exact) mass is 256 g/mol. The van der Waals surface area contributed by atoms with E-state index in [2.05, 4.69) is 21.0 Å². The first-order chi connectivity index (χ1) is 8.64. The minimum absolute atomic E-state index is 0.562. The molecule has 0 aromatic heterocycles. The van der Waals surface area contributed by atoms with Gasteiger partial charge in [0, 0.05) is 0 Å². The molecule has 2 nitrogen and oxygen atoms in total. The first-order valence-electron chi connectivity index (χ1n) is 8.07. The van der Waals surface area contributed by atoms with E-state index in [4.69, 9.17) is 4.74 Å². The Morgan fingerprint density at radius 2 is 1.56 bits per heavy atom. The molecule has 0 saturated heterocycles. The molecule has 0 aromatic carbocycles. The fraction of sp³-hybridized carbons (Fsp3) is 1.00. The van der Waals surface area contributed by atoms with Gasteiger partial charge in [0.25, 0.3) is 0 Å². The number of quaternary nitrogens is 1. The highest BCUT2D eigenvalue weighted by Crippen LogP contribution is 2.21. The molecule has 2 heteroatoms. The first-order valence-corrected chi connectivity index (χ1v) is 8.07. The second-order valence-corrected chi connectivity index (χ2v) is 6.63. The van der Waals surface area contributed by atoms with Crippen LogP contribution in [-0.4, -0.2) is 38.0 Å². The molecule has 1 fully saturated rings. The topological polar surface area (TPSA) is 9.23 Å². The third kappa shape index (κ3) is 7.38. The van der Waals surface area contributed by atoms with Crippen LogP contribution in [0.4, 0.5) is 0 Å². The van der Waals surface area contributed by atoms with Crippen molar-refractivity contribution in [2.45, 2.75) is 77.2 Å². The summed E-state index contributed by atoms with van der Waals surface area (Å²) in [6, 6.07) is 0. The number of hydrogen-bond acceptors (Lipinski definition) is 1. The summed E-state index contributed by atoms with van der Waals surface area (Å²) in [5.74, 6) is 0. The quantitative estimate of drug-likeness (QED) is 0.321. The van der Waals surface area contributed by atoms with Crippen LogP contribution in [0.3, 0.4) is 0 Å². The summed E-state index contributed by atoms with van der Waals surface area (Å²) in [5, 5.41) is 0. The van der Waals surface area contributed by atoms with Crippen molar-refractivity contribution in [1.29, 1.82) is 0 Å². The fourth-order valence-corrected chi connectivity index (χ4v) is 2.75. The molecule has 108 valence electrons. The summed E-state index contributed by atoms with van der Waals surface area (Å²) in [5.41, 5.74) is 0. The second-order valence-electron chi connectivity index (χ2n) is 6.63. The Bertz CT molecular complexity index is 197. The largest absolute Gasteiger partial charge is 0.328 e. The highest BCUT2D eigenvalue weighted by molar-refractivity contribution is 4.65. The lowest BCUT2D eigenvalue weighted by atomic mass is 10.1. The summed E-state index contributed by atoms with van der Waals surface area (Å²) in [6.07, 6.45) is 14.2. The molecular weight excluding hydrogens is 222 g/mol. The van der Waals surface area contributed by atoms with Crippen LogP contribution in [0.25, 0.3) is 0 Å². The SMILES string of the molecule is CCCCCCCC[N+](C)(C)COC1CCCC1. The van der Waals surface area contributed by atoms with Crippen molar-refractivity contribution < 1.29 is 9.22 Å². The maximum absolute atomic E-state index is 6.04. The van der Waals surface area contributed by atoms with Crippen LogP contribution >= 0.6 is 0 Å². The van der Waals surface area contributed by atoms with Gasteiger partial charge in [0.15, 0.2) is 6.73 Å². The van der Waals surface area contributed by atoms with Gasteiger partial charge in [0.2, 0.25) is 0 Å². The van der Waals surface area contributed by atoms with Gasteiger partial charge in [-0.05, 0) is 25.7 Å². The standard InChI is InChI=1S/C16H34NO/c1-4-5-6-7-8-11-14-17(2,3)15-18-16-12-9-10-13-16/h16H,4-15H2,1-3H3/q+1. The molecule has 0 unspecified atom stereocenters. The second kappa shape index (κ2) is 8.92. The zero-order valence-corrected chi connectivity index (χ0v) is 12.9. The summed E-state index contributed by atoms with van der Waals surface area (Å²) < 4.78 is 7.07. The molecule has 1 aliphatic carbocycles. The van der Waals surface area contributed by atoms with Crippen molar-refractivity contribution in [2.75, 3.05) is 27.4 Å². The molecule has 18 heavy (non-hydrogen) atoms. The van der Waals surface area contributed by atoms with Crippen LogP contribution in [-0.2, 0) is 4.74 Å². The summed E-state index contributed by atoms with van der Waals surface area (Å²) in [6.45, 7) is 4.44. The van der Waals surface area contributed by atoms with E-state index < -0.39 is 0 Å². The van der Waals surface area contributed by atoms with Crippen LogP contribution < -0.4 is 0 Å². The molecule has 0 amide bonds. The van der Waals surface area contributed by atoms with Gasteiger partial charge in [-0.15, -0.1) is 0 Å². The van der Waals surface area contributed by atoms with Crippen molar-refractivity contribution in [3.63, 3.8) is 0 Å². The molecule has 1 aliphatic rings. The normalized spacial score (nSPS) is 17.5.